The number of aliphatic hydroxyl groups excluding tert-OH is 1. The summed E-state index contributed by atoms with van der Waals surface area (Å²) in [6.45, 7) is 5.67. The molecule has 0 saturated carbocycles. The maximum Gasteiger partial charge on any atom is 0.301 e. The van der Waals surface area contributed by atoms with E-state index in [1.807, 2.05) is 0 Å². The molecule has 9 heteroatoms. The van der Waals surface area contributed by atoms with Gasteiger partial charge in [-0.15, -0.1) is 10.2 Å². The number of nitrogens with zero attached hydrogens (tertiary/aromatic N) is 3. The summed E-state index contributed by atoms with van der Waals surface area (Å²) in [4.78, 5) is 27.2. The van der Waals surface area contributed by atoms with E-state index in [0.29, 0.717) is 22.9 Å². The van der Waals surface area contributed by atoms with Crippen molar-refractivity contribution < 1.29 is 23.8 Å². The predicted octanol–water partition coefficient (Wildman–Crippen LogP) is 4.18. The second kappa shape index (κ2) is 8.72. The molecule has 1 aromatic heterocycles. The van der Waals surface area contributed by atoms with Crippen molar-refractivity contribution in [1.29, 1.82) is 0 Å². The number of halogens is 1. The first-order valence-corrected chi connectivity index (χ1v) is 10.4. The van der Waals surface area contributed by atoms with Crippen LogP contribution in [0, 0.1) is 12.7 Å². The molecule has 1 aliphatic rings. The van der Waals surface area contributed by atoms with Crippen molar-refractivity contribution in [3.63, 3.8) is 0 Å². The van der Waals surface area contributed by atoms with Crippen molar-refractivity contribution in [2.75, 3.05) is 11.5 Å². The van der Waals surface area contributed by atoms with Crippen LogP contribution in [0.15, 0.2) is 66.8 Å². The Morgan fingerprint density at radius 1 is 1.19 bits per heavy atom. The molecule has 0 bridgehead atoms. The molecule has 0 aliphatic carbocycles. The van der Waals surface area contributed by atoms with Gasteiger partial charge in [-0.25, -0.2) is 4.39 Å². The van der Waals surface area contributed by atoms with E-state index in [4.69, 9.17) is 4.74 Å². The normalized spacial score (nSPS) is 17.6. The number of anilines is 1. The first kappa shape index (κ1) is 21.4. The summed E-state index contributed by atoms with van der Waals surface area (Å²) in [5, 5.41) is 19.8. The molecule has 1 amide bonds. The Kier molecular flexibility index (Phi) is 5.83. The maximum absolute atomic E-state index is 13.4. The smallest absolute Gasteiger partial charge is 0.301 e. The Hall–Kier alpha value is -3.85. The zero-order chi connectivity index (χ0) is 22.8. The van der Waals surface area contributed by atoms with Crippen molar-refractivity contribution in [1.82, 2.24) is 10.2 Å². The number of carbonyl (C=O) groups is 2. The van der Waals surface area contributed by atoms with Gasteiger partial charge in [0.15, 0.2) is 0 Å². The van der Waals surface area contributed by atoms with Gasteiger partial charge in [0, 0.05) is 5.56 Å². The minimum Gasteiger partial charge on any atom is -0.507 e. The fourth-order valence-corrected chi connectivity index (χ4v) is 4.11. The van der Waals surface area contributed by atoms with Crippen LogP contribution < -0.4 is 9.64 Å². The van der Waals surface area contributed by atoms with Gasteiger partial charge in [0.1, 0.15) is 28.9 Å². The second-order valence-corrected chi connectivity index (χ2v) is 8.11. The number of Topliss-reactive ketones (excluding diaryl/α,β-unsaturated/α-hetero) is 1. The lowest BCUT2D eigenvalue weighted by Crippen LogP contribution is -2.29. The SMILES string of the molecule is C=CCOc1ccc(C2/C(=C(\O)c3ccc(F)cc3)C(=O)C(=O)N2c2nnc(C)s2)cc1. The summed E-state index contributed by atoms with van der Waals surface area (Å²) in [6.07, 6.45) is 1.61. The van der Waals surface area contributed by atoms with Crippen LogP contribution in [-0.4, -0.2) is 33.6 Å². The Morgan fingerprint density at radius 2 is 1.88 bits per heavy atom. The van der Waals surface area contributed by atoms with E-state index in [0.717, 1.165) is 11.3 Å². The number of rotatable bonds is 6. The summed E-state index contributed by atoms with van der Waals surface area (Å²) in [5.74, 6) is -2.00. The molecular weight excluding hydrogens is 433 g/mol. The number of benzene rings is 2. The minimum atomic E-state index is -0.944. The molecule has 1 fully saturated rings. The van der Waals surface area contributed by atoms with Crippen LogP contribution in [0.1, 0.15) is 22.2 Å². The van der Waals surface area contributed by atoms with E-state index in [9.17, 15) is 19.1 Å². The highest BCUT2D eigenvalue weighted by atomic mass is 32.1. The van der Waals surface area contributed by atoms with Gasteiger partial charge in [-0.1, -0.05) is 36.1 Å². The molecule has 2 heterocycles. The standard InChI is InChI=1S/C23H18FN3O4S/c1-3-12-31-17-10-6-14(7-11-17)19-18(20(28)15-4-8-16(24)9-5-15)21(29)22(30)27(19)23-26-25-13(2)32-23/h3-11,19,28H,1,12H2,2H3/b20-18+. The zero-order valence-corrected chi connectivity index (χ0v) is 17.8. The molecule has 4 rings (SSSR count). The number of aliphatic hydroxyl groups is 1. The molecule has 7 nitrogen and oxygen atoms in total. The number of ketones is 1. The number of hydrogen-bond donors (Lipinski definition) is 1. The van der Waals surface area contributed by atoms with Crippen LogP contribution in [0.5, 0.6) is 5.75 Å². The largest absolute Gasteiger partial charge is 0.507 e. The summed E-state index contributed by atoms with van der Waals surface area (Å²) >= 11 is 1.16. The summed E-state index contributed by atoms with van der Waals surface area (Å²) in [5.41, 5.74) is 0.662. The average molecular weight is 451 g/mol. The summed E-state index contributed by atoms with van der Waals surface area (Å²) in [6, 6.07) is 10.9. The van der Waals surface area contributed by atoms with Gasteiger partial charge in [0.2, 0.25) is 5.13 Å². The fourth-order valence-electron chi connectivity index (χ4n) is 3.39. The van der Waals surface area contributed by atoms with Crippen LogP contribution in [0.2, 0.25) is 0 Å². The second-order valence-electron chi connectivity index (χ2n) is 6.95. The Morgan fingerprint density at radius 3 is 2.47 bits per heavy atom. The first-order chi connectivity index (χ1) is 15.4. The molecule has 3 aromatic rings. The molecule has 0 radical (unpaired) electrons. The van der Waals surface area contributed by atoms with Gasteiger partial charge in [0.05, 0.1) is 11.6 Å². The monoisotopic (exact) mass is 451 g/mol. The highest BCUT2D eigenvalue weighted by molar-refractivity contribution is 7.15. The van der Waals surface area contributed by atoms with Crippen molar-refractivity contribution in [2.45, 2.75) is 13.0 Å². The molecule has 1 saturated heterocycles. The van der Waals surface area contributed by atoms with Gasteiger partial charge in [0.25, 0.3) is 5.78 Å². The van der Waals surface area contributed by atoms with Gasteiger partial charge < -0.3 is 9.84 Å². The van der Waals surface area contributed by atoms with Crippen LogP contribution in [0.3, 0.4) is 0 Å². The zero-order valence-electron chi connectivity index (χ0n) is 17.0. The highest BCUT2D eigenvalue weighted by Gasteiger charge is 2.48. The average Bonchev–Trinajstić information content (AvgIpc) is 3.33. The van der Waals surface area contributed by atoms with Crippen molar-refractivity contribution in [3.8, 4) is 5.75 Å². The molecule has 0 spiro atoms. The molecule has 1 N–H and O–H groups in total. The molecule has 1 unspecified atom stereocenters. The van der Waals surface area contributed by atoms with E-state index >= 15 is 0 Å². The predicted molar refractivity (Wildman–Crippen MR) is 118 cm³/mol. The van der Waals surface area contributed by atoms with Crippen LogP contribution >= 0.6 is 11.3 Å². The number of aryl methyl sites for hydroxylation is 1. The van der Waals surface area contributed by atoms with E-state index in [1.54, 1.807) is 37.3 Å². The summed E-state index contributed by atoms with van der Waals surface area (Å²) < 4.78 is 18.9. The molecule has 1 atom stereocenters. The third-order valence-corrected chi connectivity index (χ3v) is 5.69. The fraction of sp³-hybridized carbons (Fsp3) is 0.130. The van der Waals surface area contributed by atoms with Gasteiger partial charge in [-0.3, -0.25) is 14.5 Å². The van der Waals surface area contributed by atoms with Crippen LogP contribution in [0.4, 0.5) is 9.52 Å². The summed E-state index contributed by atoms with van der Waals surface area (Å²) in [7, 11) is 0. The third kappa shape index (κ3) is 3.90. The third-order valence-electron chi connectivity index (χ3n) is 4.85. The molecule has 1 aliphatic heterocycles. The van der Waals surface area contributed by atoms with Gasteiger partial charge >= 0.3 is 5.91 Å². The lowest BCUT2D eigenvalue weighted by Gasteiger charge is -2.22. The first-order valence-electron chi connectivity index (χ1n) is 9.61. The van der Waals surface area contributed by atoms with E-state index in [2.05, 4.69) is 16.8 Å². The van der Waals surface area contributed by atoms with E-state index in [-0.39, 0.29) is 16.3 Å². The van der Waals surface area contributed by atoms with Gasteiger partial charge in [-0.2, -0.15) is 0 Å². The number of ether oxygens (including phenoxy) is 1. The van der Waals surface area contributed by atoms with Crippen molar-refractivity contribution in [3.05, 3.63) is 88.7 Å². The lowest BCUT2D eigenvalue weighted by atomic mass is 9.95. The molecular formula is C23H18FN3O4S. The van der Waals surface area contributed by atoms with E-state index in [1.165, 1.54) is 29.2 Å². The maximum atomic E-state index is 13.4. The van der Waals surface area contributed by atoms with Crippen LogP contribution in [-0.2, 0) is 9.59 Å². The quantitative estimate of drug-likeness (QED) is 0.262. The molecule has 2 aromatic carbocycles. The Bertz CT molecular complexity index is 1220. The minimum absolute atomic E-state index is 0.116. The number of hydrogen-bond acceptors (Lipinski definition) is 7. The number of carbonyl (C=O) groups excluding carboxylic acids is 2. The van der Waals surface area contributed by atoms with Crippen molar-refractivity contribution >= 4 is 33.9 Å². The molecule has 32 heavy (non-hydrogen) atoms. The number of aromatic nitrogens is 2. The Labute approximate surface area is 187 Å². The number of amides is 1. The highest BCUT2D eigenvalue weighted by Crippen LogP contribution is 2.43. The van der Waals surface area contributed by atoms with Crippen molar-refractivity contribution in [2.24, 2.45) is 0 Å². The Balaban J connectivity index is 1.86. The lowest BCUT2D eigenvalue weighted by molar-refractivity contribution is -0.132. The molecule has 162 valence electrons. The van der Waals surface area contributed by atoms with Gasteiger partial charge in [-0.05, 0) is 48.9 Å². The topological polar surface area (TPSA) is 92.6 Å². The van der Waals surface area contributed by atoms with E-state index < -0.39 is 29.3 Å². The van der Waals surface area contributed by atoms with Crippen LogP contribution in [0.25, 0.3) is 5.76 Å².